The Bertz CT molecular complexity index is 592. The number of nitrogens with one attached hydrogen (secondary N) is 1. The highest BCUT2D eigenvalue weighted by Gasteiger charge is 2.21. The van der Waals surface area contributed by atoms with Gasteiger partial charge in [0.25, 0.3) is 0 Å². The zero-order valence-electron chi connectivity index (χ0n) is 12.5. The summed E-state index contributed by atoms with van der Waals surface area (Å²) in [6.45, 7) is 4.76. The SMILES string of the molecule is CCCCC(N)c1nc2cccc(C3CNCCO3)c2s1. The number of ether oxygens (including phenoxy) is 1. The molecule has 5 heteroatoms. The largest absolute Gasteiger partial charge is 0.371 e. The van der Waals surface area contributed by atoms with Crippen LogP contribution in [-0.2, 0) is 4.74 Å². The zero-order valence-corrected chi connectivity index (χ0v) is 13.3. The number of aromatic nitrogens is 1. The van der Waals surface area contributed by atoms with Crippen LogP contribution in [0, 0.1) is 0 Å². The van der Waals surface area contributed by atoms with Gasteiger partial charge in [-0.25, -0.2) is 4.98 Å². The van der Waals surface area contributed by atoms with E-state index in [1.807, 2.05) is 0 Å². The van der Waals surface area contributed by atoms with Crippen LogP contribution in [0.4, 0.5) is 0 Å². The minimum atomic E-state index is 0.0561. The van der Waals surface area contributed by atoms with Gasteiger partial charge in [0.1, 0.15) is 5.01 Å². The fraction of sp³-hybridized carbons (Fsp3) is 0.562. The third-order valence-electron chi connectivity index (χ3n) is 3.92. The molecule has 0 saturated carbocycles. The fourth-order valence-corrected chi connectivity index (χ4v) is 3.87. The molecule has 0 bridgehead atoms. The highest BCUT2D eigenvalue weighted by Crippen LogP contribution is 2.34. The summed E-state index contributed by atoms with van der Waals surface area (Å²) in [5.41, 5.74) is 8.57. The summed E-state index contributed by atoms with van der Waals surface area (Å²) in [7, 11) is 0. The van der Waals surface area contributed by atoms with E-state index in [0.717, 1.165) is 43.1 Å². The van der Waals surface area contributed by atoms with Gasteiger partial charge in [-0.3, -0.25) is 0 Å². The Kier molecular flexibility index (Phi) is 4.85. The molecule has 1 aliphatic heterocycles. The molecule has 114 valence electrons. The molecule has 1 aromatic heterocycles. The molecular formula is C16H23N3OS. The lowest BCUT2D eigenvalue weighted by molar-refractivity contribution is 0.0287. The Morgan fingerprint density at radius 2 is 2.43 bits per heavy atom. The second kappa shape index (κ2) is 6.83. The van der Waals surface area contributed by atoms with Crippen molar-refractivity contribution in [2.45, 2.75) is 38.3 Å². The number of benzene rings is 1. The first kappa shape index (κ1) is 14.9. The van der Waals surface area contributed by atoms with Gasteiger partial charge in [0.15, 0.2) is 0 Å². The first-order valence-electron chi connectivity index (χ1n) is 7.77. The van der Waals surface area contributed by atoms with Crippen LogP contribution in [0.2, 0.25) is 0 Å². The predicted octanol–water partition coefficient (Wildman–Crippen LogP) is 3.15. The molecule has 0 radical (unpaired) electrons. The summed E-state index contributed by atoms with van der Waals surface area (Å²) < 4.78 is 7.12. The topological polar surface area (TPSA) is 60.2 Å². The normalized spacial score (nSPS) is 20.8. The monoisotopic (exact) mass is 305 g/mol. The van der Waals surface area contributed by atoms with Crippen LogP contribution in [0.25, 0.3) is 10.2 Å². The number of nitrogens with two attached hydrogens (primary N) is 1. The van der Waals surface area contributed by atoms with Crippen LogP contribution in [0.15, 0.2) is 18.2 Å². The number of morpholine rings is 1. The lowest BCUT2D eigenvalue weighted by Gasteiger charge is -2.24. The number of fused-ring (bicyclic) bond motifs is 1. The summed E-state index contributed by atoms with van der Waals surface area (Å²) in [4.78, 5) is 4.74. The minimum Gasteiger partial charge on any atom is -0.371 e. The maximum atomic E-state index is 6.28. The molecule has 1 fully saturated rings. The average Bonchev–Trinajstić information content (AvgIpc) is 2.97. The Morgan fingerprint density at radius 3 is 3.19 bits per heavy atom. The van der Waals surface area contributed by atoms with E-state index < -0.39 is 0 Å². The second-order valence-electron chi connectivity index (χ2n) is 5.56. The molecule has 1 aliphatic rings. The van der Waals surface area contributed by atoms with Crippen LogP contribution in [-0.4, -0.2) is 24.7 Å². The van der Waals surface area contributed by atoms with E-state index in [1.165, 1.54) is 16.7 Å². The molecule has 1 aromatic carbocycles. The Balaban J connectivity index is 1.89. The molecule has 2 atom stereocenters. The number of unbranched alkanes of at least 4 members (excludes halogenated alkanes) is 1. The van der Waals surface area contributed by atoms with Gasteiger partial charge in [-0.1, -0.05) is 31.9 Å². The summed E-state index contributed by atoms with van der Waals surface area (Å²) in [6.07, 6.45) is 3.46. The highest BCUT2D eigenvalue weighted by atomic mass is 32.1. The van der Waals surface area contributed by atoms with Gasteiger partial charge in [0, 0.05) is 18.7 Å². The fourth-order valence-electron chi connectivity index (χ4n) is 2.71. The van der Waals surface area contributed by atoms with Crippen LogP contribution >= 0.6 is 11.3 Å². The van der Waals surface area contributed by atoms with Crippen LogP contribution in [0.3, 0.4) is 0 Å². The highest BCUT2D eigenvalue weighted by molar-refractivity contribution is 7.18. The lowest BCUT2D eigenvalue weighted by atomic mass is 10.1. The Labute approximate surface area is 129 Å². The summed E-state index contributed by atoms with van der Waals surface area (Å²) in [6, 6.07) is 6.35. The smallest absolute Gasteiger partial charge is 0.111 e. The van der Waals surface area contributed by atoms with Crippen molar-refractivity contribution in [2.24, 2.45) is 5.73 Å². The van der Waals surface area contributed by atoms with Crippen molar-refractivity contribution < 1.29 is 4.74 Å². The van der Waals surface area contributed by atoms with Gasteiger partial charge in [-0.15, -0.1) is 11.3 Å². The van der Waals surface area contributed by atoms with E-state index in [0.29, 0.717) is 0 Å². The van der Waals surface area contributed by atoms with Crippen molar-refractivity contribution >= 4 is 21.6 Å². The Morgan fingerprint density at radius 1 is 1.52 bits per heavy atom. The summed E-state index contributed by atoms with van der Waals surface area (Å²) >= 11 is 1.73. The van der Waals surface area contributed by atoms with E-state index in [4.69, 9.17) is 15.5 Å². The molecule has 3 N–H and O–H groups in total. The van der Waals surface area contributed by atoms with Gasteiger partial charge in [0.2, 0.25) is 0 Å². The van der Waals surface area contributed by atoms with Crippen molar-refractivity contribution in [1.29, 1.82) is 0 Å². The number of nitrogens with zero attached hydrogens (tertiary/aromatic N) is 1. The average molecular weight is 305 g/mol. The van der Waals surface area contributed by atoms with Gasteiger partial charge in [0.05, 0.1) is 29.0 Å². The Hall–Kier alpha value is -1.01. The standard InChI is InChI=1S/C16H23N3OS/c1-2-3-6-12(17)16-19-13-7-4-5-11(15(13)21-16)14-10-18-8-9-20-14/h4-5,7,12,14,18H,2-3,6,8-10,17H2,1H3. The quantitative estimate of drug-likeness (QED) is 0.891. The maximum absolute atomic E-state index is 6.28. The molecule has 2 aromatic rings. The lowest BCUT2D eigenvalue weighted by Crippen LogP contribution is -2.33. The van der Waals surface area contributed by atoms with Crippen molar-refractivity contribution in [2.75, 3.05) is 19.7 Å². The minimum absolute atomic E-state index is 0.0561. The predicted molar refractivity (Wildman–Crippen MR) is 87.6 cm³/mol. The van der Waals surface area contributed by atoms with Crippen molar-refractivity contribution in [3.05, 3.63) is 28.8 Å². The van der Waals surface area contributed by atoms with Crippen LogP contribution < -0.4 is 11.1 Å². The van der Waals surface area contributed by atoms with E-state index >= 15 is 0 Å². The maximum Gasteiger partial charge on any atom is 0.111 e. The van der Waals surface area contributed by atoms with Gasteiger partial charge >= 0.3 is 0 Å². The molecule has 0 spiro atoms. The number of hydrogen-bond acceptors (Lipinski definition) is 5. The van der Waals surface area contributed by atoms with Gasteiger partial charge < -0.3 is 15.8 Å². The third kappa shape index (κ3) is 3.26. The zero-order chi connectivity index (χ0) is 14.7. The molecule has 3 rings (SSSR count). The van der Waals surface area contributed by atoms with E-state index in [-0.39, 0.29) is 12.1 Å². The summed E-state index contributed by atoms with van der Waals surface area (Å²) in [5.74, 6) is 0. The second-order valence-corrected chi connectivity index (χ2v) is 6.59. The third-order valence-corrected chi connectivity index (χ3v) is 5.17. The molecule has 4 nitrogen and oxygen atoms in total. The van der Waals surface area contributed by atoms with Crippen molar-refractivity contribution in [3.8, 4) is 0 Å². The van der Waals surface area contributed by atoms with E-state index in [2.05, 4.69) is 30.4 Å². The van der Waals surface area contributed by atoms with Crippen LogP contribution in [0.1, 0.15) is 48.9 Å². The van der Waals surface area contributed by atoms with Crippen LogP contribution in [0.5, 0.6) is 0 Å². The molecule has 21 heavy (non-hydrogen) atoms. The first-order valence-corrected chi connectivity index (χ1v) is 8.58. The van der Waals surface area contributed by atoms with E-state index in [9.17, 15) is 0 Å². The molecular weight excluding hydrogens is 282 g/mol. The van der Waals surface area contributed by atoms with Crippen molar-refractivity contribution in [1.82, 2.24) is 10.3 Å². The molecule has 2 unspecified atom stereocenters. The van der Waals surface area contributed by atoms with E-state index in [1.54, 1.807) is 11.3 Å². The molecule has 2 heterocycles. The summed E-state index contributed by atoms with van der Waals surface area (Å²) in [5, 5.41) is 4.44. The van der Waals surface area contributed by atoms with Gasteiger partial charge in [-0.2, -0.15) is 0 Å². The van der Waals surface area contributed by atoms with Gasteiger partial charge in [-0.05, 0) is 12.5 Å². The molecule has 0 amide bonds. The molecule has 0 aliphatic carbocycles. The first-order chi connectivity index (χ1) is 10.3. The number of thiazole rings is 1. The van der Waals surface area contributed by atoms with Crippen molar-refractivity contribution in [3.63, 3.8) is 0 Å². The molecule has 1 saturated heterocycles. The number of hydrogen-bond donors (Lipinski definition) is 2. The number of rotatable bonds is 5.